The van der Waals surface area contributed by atoms with Gasteiger partial charge in [0.25, 0.3) is 0 Å². The molecule has 1 N–H and O–H groups in total. The predicted octanol–water partition coefficient (Wildman–Crippen LogP) is 5.44. The van der Waals surface area contributed by atoms with Gasteiger partial charge in [-0.05, 0) is 60.7 Å². The van der Waals surface area contributed by atoms with E-state index in [0.717, 1.165) is 37.1 Å². The molecule has 7 nitrogen and oxygen atoms in total. The van der Waals surface area contributed by atoms with E-state index < -0.39 is 27.3 Å². The zero-order chi connectivity index (χ0) is 28.5. The summed E-state index contributed by atoms with van der Waals surface area (Å²) in [6, 6.07) is 13.2. The summed E-state index contributed by atoms with van der Waals surface area (Å²) in [5.41, 5.74) is 1.71. The quantitative estimate of drug-likeness (QED) is 0.290. The fraction of sp³-hybridized carbons (Fsp3) is 0.613. The first-order valence-electron chi connectivity index (χ1n) is 14.3. The molecular weight excluding hydrogens is 514 g/mol. The van der Waals surface area contributed by atoms with E-state index in [2.05, 4.69) is 13.8 Å². The number of nitrogens with zero attached hydrogens (tertiary/aromatic N) is 1. The Labute approximate surface area is 235 Å². The predicted molar refractivity (Wildman–Crippen MR) is 157 cm³/mol. The molecule has 1 heterocycles. The van der Waals surface area contributed by atoms with Crippen LogP contribution in [0.2, 0.25) is 0 Å². The van der Waals surface area contributed by atoms with Gasteiger partial charge in [-0.25, -0.2) is 8.42 Å². The van der Waals surface area contributed by atoms with Gasteiger partial charge in [0, 0.05) is 37.7 Å². The highest BCUT2D eigenvalue weighted by Crippen LogP contribution is 2.49. The molecule has 0 fully saturated rings. The van der Waals surface area contributed by atoms with Crippen LogP contribution in [-0.2, 0) is 19.3 Å². The molecule has 2 aromatic carbocycles. The van der Waals surface area contributed by atoms with Crippen molar-refractivity contribution in [1.29, 1.82) is 0 Å². The number of aliphatic hydroxyl groups excluding tert-OH is 1. The number of fused-ring (bicyclic) bond motifs is 1. The third-order valence-electron chi connectivity index (χ3n) is 7.79. The van der Waals surface area contributed by atoms with Gasteiger partial charge in [-0.1, -0.05) is 45.7 Å². The monoisotopic (exact) mass is 561 g/mol. The van der Waals surface area contributed by atoms with E-state index in [4.69, 9.17) is 14.2 Å². The van der Waals surface area contributed by atoms with Gasteiger partial charge in [-0.15, -0.1) is 0 Å². The molecule has 0 saturated heterocycles. The van der Waals surface area contributed by atoms with Crippen molar-refractivity contribution in [2.24, 2.45) is 5.41 Å². The van der Waals surface area contributed by atoms with Crippen LogP contribution in [0, 0.1) is 5.41 Å². The minimum absolute atomic E-state index is 0.0485. The Kier molecular flexibility index (Phi) is 11.7. The number of benzene rings is 2. The Morgan fingerprint density at radius 3 is 2.21 bits per heavy atom. The van der Waals surface area contributed by atoms with Gasteiger partial charge in [0.2, 0.25) is 0 Å². The summed E-state index contributed by atoms with van der Waals surface area (Å²) < 4.78 is 44.4. The molecule has 0 saturated carbocycles. The van der Waals surface area contributed by atoms with E-state index in [1.165, 1.54) is 0 Å². The molecule has 1 aliphatic rings. The summed E-state index contributed by atoms with van der Waals surface area (Å²) in [7, 11) is 0.265. The van der Waals surface area contributed by atoms with Gasteiger partial charge in [-0.3, -0.25) is 0 Å². The molecule has 218 valence electrons. The van der Waals surface area contributed by atoms with Crippen molar-refractivity contribution < 1.29 is 27.7 Å². The second-order valence-electron chi connectivity index (χ2n) is 10.8. The van der Waals surface area contributed by atoms with Crippen LogP contribution in [-0.4, -0.2) is 72.5 Å². The maximum atomic E-state index is 13.8. The maximum absolute atomic E-state index is 13.8. The van der Waals surface area contributed by atoms with E-state index >= 15 is 0 Å². The topological polar surface area (TPSA) is 85.3 Å². The van der Waals surface area contributed by atoms with Crippen molar-refractivity contribution in [2.45, 2.75) is 69.8 Å². The van der Waals surface area contributed by atoms with Crippen molar-refractivity contribution >= 4 is 15.5 Å². The summed E-state index contributed by atoms with van der Waals surface area (Å²) in [4.78, 5) is 2.28. The lowest BCUT2D eigenvalue weighted by Crippen LogP contribution is -2.42. The lowest BCUT2D eigenvalue weighted by Gasteiger charge is -2.39. The zero-order valence-corrected chi connectivity index (χ0v) is 25.1. The molecule has 2 aromatic rings. The Bertz CT molecular complexity index is 1130. The van der Waals surface area contributed by atoms with Crippen LogP contribution in [0.25, 0.3) is 0 Å². The number of hydrogen-bond donors (Lipinski definition) is 1. The van der Waals surface area contributed by atoms with Gasteiger partial charge in [0.15, 0.2) is 9.84 Å². The number of rotatable bonds is 15. The van der Waals surface area contributed by atoms with Crippen LogP contribution < -0.4 is 9.64 Å². The van der Waals surface area contributed by atoms with E-state index in [1.54, 1.807) is 6.07 Å². The standard InChI is InChI=1S/C31H47NO6S/c1-6-9-16-31(8-3)23-39(34,35)28-15-12-25(32(4)5)22-27(28)29(30(31)33)24-10-13-26(14-11-24)38-21-20-37-19-18-36-17-7-2/h10-15,22,29-30,33H,6-9,16-21,23H2,1-5H3/t29-,30-,31-/m1/s1. The molecular formula is C31H47NO6S. The zero-order valence-electron chi connectivity index (χ0n) is 24.3. The van der Waals surface area contributed by atoms with Crippen molar-refractivity contribution in [1.82, 2.24) is 0 Å². The number of sulfone groups is 1. The molecule has 0 radical (unpaired) electrons. The number of hydrogen-bond acceptors (Lipinski definition) is 7. The average Bonchev–Trinajstić information content (AvgIpc) is 2.99. The number of ether oxygens (including phenoxy) is 3. The van der Waals surface area contributed by atoms with Gasteiger partial charge < -0.3 is 24.2 Å². The molecule has 3 atom stereocenters. The molecule has 0 aliphatic carbocycles. The first kappa shape index (κ1) is 31.4. The largest absolute Gasteiger partial charge is 0.491 e. The highest BCUT2D eigenvalue weighted by Gasteiger charge is 2.49. The van der Waals surface area contributed by atoms with Gasteiger partial charge >= 0.3 is 0 Å². The van der Waals surface area contributed by atoms with Crippen LogP contribution in [0.1, 0.15) is 69.9 Å². The van der Waals surface area contributed by atoms with Gasteiger partial charge in [-0.2, -0.15) is 0 Å². The van der Waals surface area contributed by atoms with Crippen LogP contribution in [0.3, 0.4) is 0 Å². The van der Waals surface area contributed by atoms with Crippen molar-refractivity contribution in [2.75, 3.05) is 57.8 Å². The second kappa shape index (κ2) is 14.5. The maximum Gasteiger partial charge on any atom is 0.179 e. The summed E-state index contributed by atoms with van der Waals surface area (Å²) in [5.74, 6) is 0.178. The molecule has 0 unspecified atom stereocenters. The number of anilines is 1. The van der Waals surface area contributed by atoms with Crippen molar-refractivity contribution in [3.05, 3.63) is 53.6 Å². The Hall–Kier alpha value is -2.13. The average molecular weight is 562 g/mol. The van der Waals surface area contributed by atoms with Crippen molar-refractivity contribution in [3.63, 3.8) is 0 Å². The van der Waals surface area contributed by atoms with E-state index in [9.17, 15) is 13.5 Å². The normalized spacial score (nSPS) is 22.2. The van der Waals surface area contributed by atoms with Crippen molar-refractivity contribution in [3.8, 4) is 5.75 Å². The molecule has 0 amide bonds. The minimum Gasteiger partial charge on any atom is -0.491 e. The summed E-state index contributed by atoms with van der Waals surface area (Å²) in [6.07, 6.45) is 3.20. The molecule has 0 spiro atoms. The minimum atomic E-state index is -3.60. The first-order chi connectivity index (χ1) is 18.7. The van der Waals surface area contributed by atoms with Crippen LogP contribution in [0.15, 0.2) is 47.4 Å². The Morgan fingerprint density at radius 2 is 1.59 bits per heavy atom. The second-order valence-corrected chi connectivity index (χ2v) is 12.7. The molecule has 3 rings (SSSR count). The highest BCUT2D eigenvalue weighted by atomic mass is 32.2. The highest BCUT2D eigenvalue weighted by molar-refractivity contribution is 7.91. The number of aliphatic hydroxyl groups is 1. The SMILES string of the molecule is CCCC[C@]1(CC)CS(=O)(=O)c2ccc(N(C)C)cc2[C@@H](c2ccc(OCCOCCOCCC)cc2)[C@H]1O. The van der Waals surface area contributed by atoms with Gasteiger partial charge in [0.1, 0.15) is 12.4 Å². The van der Waals surface area contributed by atoms with Crippen LogP contribution >= 0.6 is 0 Å². The fourth-order valence-electron chi connectivity index (χ4n) is 5.46. The third kappa shape index (κ3) is 7.75. The molecule has 39 heavy (non-hydrogen) atoms. The fourth-order valence-corrected chi connectivity index (χ4v) is 7.71. The Balaban J connectivity index is 1.90. The molecule has 0 bridgehead atoms. The summed E-state index contributed by atoms with van der Waals surface area (Å²) in [6.45, 7) is 8.92. The molecule has 0 aromatic heterocycles. The first-order valence-corrected chi connectivity index (χ1v) is 15.9. The molecule has 1 aliphatic heterocycles. The number of unbranched alkanes of at least 4 members (excludes halogenated alkanes) is 1. The Morgan fingerprint density at radius 1 is 0.923 bits per heavy atom. The van der Waals surface area contributed by atoms with E-state index in [1.807, 2.05) is 62.3 Å². The van der Waals surface area contributed by atoms with E-state index in [-0.39, 0.29) is 5.75 Å². The lowest BCUT2D eigenvalue weighted by atomic mass is 9.69. The third-order valence-corrected chi connectivity index (χ3v) is 9.79. The van der Waals surface area contributed by atoms with E-state index in [0.29, 0.717) is 55.5 Å². The molecule has 8 heteroatoms. The van der Waals surface area contributed by atoms with Gasteiger partial charge in [0.05, 0.1) is 36.6 Å². The summed E-state index contributed by atoms with van der Waals surface area (Å²) >= 11 is 0. The van der Waals surface area contributed by atoms with Crippen LogP contribution in [0.4, 0.5) is 5.69 Å². The lowest BCUT2D eigenvalue weighted by molar-refractivity contribution is 0.0174. The summed E-state index contributed by atoms with van der Waals surface area (Å²) in [5, 5.41) is 12.1. The smallest absolute Gasteiger partial charge is 0.179 e. The van der Waals surface area contributed by atoms with Crippen LogP contribution in [0.5, 0.6) is 5.75 Å².